The number of nitrogens with one attached hydrogen (secondary N) is 1. The molecule has 0 aromatic carbocycles. The number of amides is 1. The third-order valence-electron chi connectivity index (χ3n) is 1.63. The van der Waals surface area contributed by atoms with Crippen LogP contribution in [0, 0.1) is 12.3 Å². The second-order valence-electron chi connectivity index (χ2n) is 2.85. The SMILES string of the molecule is C#CC(=O)NC(C)Cc1ccsc1. The highest BCUT2D eigenvalue weighted by atomic mass is 32.1. The first-order valence-electron chi connectivity index (χ1n) is 4.00. The molecule has 1 heterocycles. The zero-order valence-electron chi connectivity index (χ0n) is 7.41. The Labute approximate surface area is 82.0 Å². The quantitative estimate of drug-likeness (QED) is 0.723. The van der Waals surface area contributed by atoms with Crippen LogP contribution in [0.4, 0.5) is 0 Å². The molecule has 0 saturated carbocycles. The summed E-state index contributed by atoms with van der Waals surface area (Å²) in [5.74, 6) is 1.68. The van der Waals surface area contributed by atoms with Crippen LogP contribution in [-0.4, -0.2) is 11.9 Å². The Balaban J connectivity index is 2.39. The molecule has 1 N–H and O–H groups in total. The third kappa shape index (κ3) is 3.30. The van der Waals surface area contributed by atoms with Gasteiger partial charge in [0.25, 0.3) is 5.91 Å². The number of rotatable bonds is 3. The van der Waals surface area contributed by atoms with Crippen LogP contribution < -0.4 is 5.32 Å². The molecule has 2 nitrogen and oxygen atoms in total. The molecule has 3 heteroatoms. The maximum atomic E-state index is 10.8. The average Bonchev–Trinajstić information content (AvgIpc) is 2.56. The van der Waals surface area contributed by atoms with Gasteiger partial charge in [0.1, 0.15) is 0 Å². The fourth-order valence-electron chi connectivity index (χ4n) is 1.08. The van der Waals surface area contributed by atoms with Crippen molar-refractivity contribution in [3.05, 3.63) is 22.4 Å². The predicted octanol–water partition coefficient (Wildman–Crippen LogP) is 1.43. The van der Waals surface area contributed by atoms with Gasteiger partial charge in [0.2, 0.25) is 0 Å². The van der Waals surface area contributed by atoms with Crippen molar-refractivity contribution in [2.75, 3.05) is 0 Å². The van der Waals surface area contributed by atoms with Crippen LogP contribution in [-0.2, 0) is 11.2 Å². The molecule has 0 bridgehead atoms. The van der Waals surface area contributed by atoms with E-state index >= 15 is 0 Å². The second kappa shape index (κ2) is 4.68. The van der Waals surface area contributed by atoms with Gasteiger partial charge in [-0.3, -0.25) is 4.79 Å². The minimum atomic E-state index is -0.345. The van der Waals surface area contributed by atoms with Gasteiger partial charge in [-0.05, 0) is 41.7 Å². The molecule has 0 radical (unpaired) electrons. The Morgan fingerprint density at radius 3 is 3.15 bits per heavy atom. The number of carbonyl (C=O) groups excluding carboxylic acids is 1. The molecule has 0 spiro atoms. The summed E-state index contributed by atoms with van der Waals surface area (Å²) in [6.07, 6.45) is 5.76. The summed E-state index contributed by atoms with van der Waals surface area (Å²) in [5, 5.41) is 6.78. The van der Waals surface area contributed by atoms with E-state index in [1.807, 2.05) is 24.3 Å². The van der Waals surface area contributed by atoms with Crippen molar-refractivity contribution in [2.24, 2.45) is 0 Å². The van der Waals surface area contributed by atoms with Crippen molar-refractivity contribution in [3.63, 3.8) is 0 Å². The summed E-state index contributed by atoms with van der Waals surface area (Å²) in [6, 6.07) is 2.14. The molecule has 1 amide bonds. The Morgan fingerprint density at radius 1 is 1.85 bits per heavy atom. The van der Waals surface area contributed by atoms with Crippen molar-refractivity contribution in [3.8, 4) is 12.3 Å². The number of hydrogen-bond acceptors (Lipinski definition) is 2. The highest BCUT2D eigenvalue weighted by molar-refractivity contribution is 7.07. The van der Waals surface area contributed by atoms with Gasteiger partial charge in [0.05, 0.1) is 0 Å². The molecule has 0 saturated heterocycles. The summed E-state index contributed by atoms with van der Waals surface area (Å²) in [5.41, 5.74) is 1.23. The lowest BCUT2D eigenvalue weighted by Gasteiger charge is -2.09. The molecule has 68 valence electrons. The maximum absolute atomic E-state index is 10.8. The normalized spacial score (nSPS) is 11.7. The Kier molecular flexibility index (Phi) is 3.53. The van der Waals surface area contributed by atoms with Gasteiger partial charge in [-0.1, -0.05) is 0 Å². The lowest BCUT2D eigenvalue weighted by atomic mass is 10.1. The average molecular weight is 193 g/mol. The van der Waals surface area contributed by atoms with Gasteiger partial charge in [0.15, 0.2) is 0 Å². The van der Waals surface area contributed by atoms with Crippen LogP contribution in [0.2, 0.25) is 0 Å². The third-order valence-corrected chi connectivity index (χ3v) is 2.36. The minimum Gasteiger partial charge on any atom is -0.342 e. The van der Waals surface area contributed by atoms with E-state index in [9.17, 15) is 4.79 Å². The van der Waals surface area contributed by atoms with E-state index in [0.717, 1.165) is 6.42 Å². The van der Waals surface area contributed by atoms with Gasteiger partial charge in [-0.15, -0.1) is 6.42 Å². The first-order valence-corrected chi connectivity index (χ1v) is 4.95. The predicted molar refractivity (Wildman–Crippen MR) is 54.5 cm³/mol. The Bertz CT molecular complexity index is 310. The zero-order chi connectivity index (χ0) is 9.68. The summed E-state index contributed by atoms with van der Waals surface area (Å²) < 4.78 is 0. The van der Waals surface area contributed by atoms with Crippen molar-refractivity contribution in [1.82, 2.24) is 5.32 Å². The van der Waals surface area contributed by atoms with Gasteiger partial charge in [0, 0.05) is 6.04 Å². The van der Waals surface area contributed by atoms with Crippen LogP contribution in [0.25, 0.3) is 0 Å². The fourth-order valence-corrected chi connectivity index (χ4v) is 1.76. The van der Waals surface area contributed by atoms with E-state index in [2.05, 4.69) is 10.7 Å². The smallest absolute Gasteiger partial charge is 0.295 e. The highest BCUT2D eigenvalue weighted by Crippen LogP contribution is 2.08. The number of terminal acetylenes is 1. The van der Waals surface area contributed by atoms with E-state index in [1.165, 1.54) is 5.56 Å². The molecule has 1 atom stereocenters. The van der Waals surface area contributed by atoms with Gasteiger partial charge < -0.3 is 5.32 Å². The van der Waals surface area contributed by atoms with E-state index < -0.39 is 0 Å². The van der Waals surface area contributed by atoms with Crippen molar-refractivity contribution >= 4 is 17.2 Å². The summed E-state index contributed by atoms with van der Waals surface area (Å²) in [4.78, 5) is 10.8. The number of thiophene rings is 1. The summed E-state index contributed by atoms with van der Waals surface area (Å²) in [7, 11) is 0. The maximum Gasteiger partial charge on any atom is 0.295 e. The van der Waals surface area contributed by atoms with Crippen molar-refractivity contribution < 1.29 is 4.79 Å². The molecule has 1 aromatic heterocycles. The fraction of sp³-hybridized carbons (Fsp3) is 0.300. The van der Waals surface area contributed by atoms with E-state index in [4.69, 9.17) is 6.42 Å². The van der Waals surface area contributed by atoms with E-state index in [1.54, 1.807) is 11.3 Å². The van der Waals surface area contributed by atoms with Crippen molar-refractivity contribution in [1.29, 1.82) is 0 Å². The molecule has 13 heavy (non-hydrogen) atoms. The van der Waals surface area contributed by atoms with Gasteiger partial charge in [-0.2, -0.15) is 11.3 Å². The van der Waals surface area contributed by atoms with Crippen LogP contribution in [0.5, 0.6) is 0 Å². The van der Waals surface area contributed by atoms with Gasteiger partial charge in [-0.25, -0.2) is 0 Å². The molecule has 0 fully saturated rings. The molecule has 1 unspecified atom stereocenters. The van der Waals surface area contributed by atoms with Gasteiger partial charge >= 0.3 is 0 Å². The minimum absolute atomic E-state index is 0.0955. The molecule has 1 aromatic rings. The lowest BCUT2D eigenvalue weighted by Crippen LogP contribution is -2.32. The van der Waals surface area contributed by atoms with Crippen LogP contribution in [0.1, 0.15) is 12.5 Å². The highest BCUT2D eigenvalue weighted by Gasteiger charge is 2.05. The number of carbonyl (C=O) groups is 1. The first kappa shape index (κ1) is 9.82. The standard InChI is InChI=1S/C10H11NOS/c1-3-10(12)11-8(2)6-9-4-5-13-7-9/h1,4-5,7-8H,6H2,2H3,(H,11,12). The molecule has 0 aliphatic carbocycles. The molecular weight excluding hydrogens is 182 g/mol. The molecule has 1 rings (SSSR count). The molecular formula is C10H11NOS. The largest absolute Gasteiger partial charge is 0.342 e. The lowest BCUT2D eigenvalue weighted by molar-refractivity contribution is -0.116. The van der Waals surface area contributed by atoms with Crippen molar-refractivity contribution in [2.45, 2.75) is 19.4 Å². The van der Waals surface area contributed by atoms with Crippen LogP contribution in [0.3, 0.4) is 0 Å². The number of hydrogen-bond donors (Lipinski definition) is 1. The molecule has 0 aliphatic heterocycles. The van der Waals surface area contributed by atoms with E-state index in [0.29, 0.717) is 0 Å². The zero-order valence-corrected chi connectivity index (χ0v) is 8.23. The topological polar surface area (TPSA) is 29.1 Å². The van der Waals surface area contributed by atoms with E-state index in [-0.39, 0.29) is 11.9 Å². The Morgan fingerprint density at radius 2 is 2.62 bits per heavy atom. The monoisotopic (exact) mass is 193 g/mol. The Hall–Kier alpha value is -1.27. The van der Waals surface area contributed by atoms with Crippen LogP contribution in [0.15, 0.2) is 16.8 Å². The second-order valence-corrected chi connectivity index (χ2v) is 3.63. The van der Waals surface area contributed by atoms with Crippen LogP contribution >= 0.6 is 11.3 Å². The first-order chi connectivity index (χ1) is 6.22. The molecule has 0 aliphatic rings. The summed E-state index contributed by atoms with van der Waals surface area (Å²) >= 11 is 1.65. The summed E-state index contributed by atoms with van der Waals surface area (Å²) in [6.45, 7) is 1.94.